The summed E-state index contributed by atoms with van der Waals surface area (Å²) in [6.07, 6.45) is 2.33. The van der Waals surface area contributed by atoms with Gasteiger partial charge in [-0.05, 0) is 19.4 Å². The van der Waals surface area contributed by atoms with Crippen molar-refractivity contribution >= 4 is 12.2 Å². The predicted octanol–water partition coefficient (Wildman–Crippen LogP) is -0.582. The topological polar surface area (TPSA) is 99.2 Å². The molecule has 5 nitrogen and oxygen atoms in total. The number of carbonyl (C=O) groups is 1. The SMILES string of the molecule is N=CCN[C@@H](CCCN)C(=O)O. The number of carboxylic acids is 1. The molecule has 0 saturated heterocycles. The monoisotopic (exact) mass is 173 g/mol. The molecule has 5 heteroatoms. The molecule has 12 heavy (non-hydrogen) atoms. The third-order valence-electron chi connectivity index (χ3n) is 1.46. The van der Waals surface area contributed by atoms with E-state index in [0.717, 1.165) is 6.21 Å². The number of nitrogens with one attached hydrogen (secondary N) is 2. The number of hydrogen-bond acceptors (Lipinski definition) is 4. The average Bonchev–Trinajstić information content (AvgIpc) is 2.04. The molecule has 0 heterocycles. The van der Waals surface area contributed by atoms with Gasteiger partial charge in [0.2, 0.25) is 0 Å². The van der Waals surface area contributed by atoms with Crippen LogP contribution in [0.25, 0.3) is 0 Å². The maximum atomic E-state index is 10.5. The minimum absolute atomic E-state index is 0.293. The van der Waals surface area contributed by atoms with Crippen molar-refractivity contribution in [3.8, 4) is 0 Å². The molecular formula is C7H15N3O2. The number of hydrogen-bond donors (Lipinski definition) is 4. The van der Waals surface area contributed by atoms with E-state index in [4.69, 9.17) is 16.2 Å². The van der Waals surface area contributed by atoms with Gasteiger partial charge in [-0.15, -0.1) is 0 Å². The van der Waals surface area contributed by atoms with Crippen LogP contribution in [0.3, 0.4) is 0 Å². The third kappa shape index (κ3) is 4.81. The second-order valence-electron chi connectivity index (χ2n) is 2.43. The molecule has 1 atom stereocenters. The molecule has 0 aromatic heterocycles. The largest absolute Gasteiger partial charge is 0.480 e. The van der Waals surface area contributed by atoms with Crippen LogP contribution in [0.15, 0.2) is 0 Å². The van der Waals surface area contributed by atoms with Crippen molar-refractivity contribution in [2.45, 2.75) is 18.9 Å². The van der Waals surface area contributed by atoms with Crippen molar-refractivity contribution in [2.75, 3.05) is 13.1 Å². The number of aliphatic carboxylic acids is 1. The van der Waals surface area contributed by atoms with Gasteiger partial charge in [-0.1, -0.05) is 0 Å². The summed E-state index contributed by atoms with van der Waals surface area (Å²) in [4.78, 5) is 10.5. The third-order valence-corrected chi connectivity index (χ3v) is 1.46. The van der Waals surface area contributed by atoms with Crippen molar-refractivity contribution < 1.29 is 9.90 Å². The summed E-state index contributed by atoms with van der Waals surface area (Å²) in [5.41, 5.74) is 5.24. The normalized spacial score (nSPS) is 12.4. The van der Waals surface area contributed by atoms with Crippen LogP contribution in [-0.4, -0.2) is 36.4 Å². The quantitative estimate of drug-likeness (QED) is 0.387. The highest BCUT2D eigenvalue weighted by Crippen LogP contribution is 1.95. The van der Waals surface area contributed by atoms with Gasteiger partial charge in [0.25, 0.3) is 0 Å². The lowest BCUT2D eigenvalue weighted by Crippen LogP contribution is -2.37. The van der Waals surface area contributed by atoms with E-state index < -0.39 is 12.0 Å². The van der Waals surface area contributed by atoms with Gasteiger partial charge in [0.1, 0.15) is 6.04 Å². The van der Waals surface area contributed by atoms with Crippen LogP contribution < -0.4 is 11.1 Å². The van der Waals surface area contributed by atoms with Crippen molar-refractivity contribution in [1.82, 2.24) is 5.32 Å². The minimum atomic E-state index is -0.884. The van der Waals surface area contributed by atoms with E-state index >= 15 is 0 Å². The van der Waals surface area contributed by atoms with Crippen molar-refractivity contribution in [1.29, 1.82) is 5.41 Å². The maximum absolute atomic E-state index is 10.5. The molecule has 0 bridgehead atoms. The molecule has 70 valence electrons. The van der Waals surface area contributed by atoms with E-state index in [1.807, 2.05) is 0 Å². The van der Waals surface area contributed by atoms with Crippen LogP contribution in [0.5, 0.6) is 0 Å². The standard InChI is InChI=1S/C7H15N3O2/c8-3-1-2-6(7(11)12)10-5-4-9/h4,6,9-10H,1-3,5,8H2,(H,11,12)/t6-/m0/s1. The average molecular weight is 173 g/mol. The molecule has 0 saturated carbocycles. The van der Waals surface area contributed by atoms with Gasteiger partial charge in [0, 0.05) is 12.8 Å². The Labute approximate surface area is 71.5 Å². The molecule has 0 fully saturated rings. The molecule has 0 aliphatic carbocycles. The van der Waals surface area contributed by atoms with Gasteiger partial charge < -0.3 is 16.2 Å². The van der Waals surface area contributed by atoms with Crippen LogP contribution in [0.2, 0.25) is 0 Å². The molecule has 0 amide bonds. The van der Waals surface area contributed by atoms with Gasteiger partial charge in [-0.2, -0.15) is 0 Å². The van der Waals surface area contributed by atoms with Gasteiger partial charge in [-0.25, -0.2) is 0 Å². The summed E-state index contributed by atoms with van der Waals surface area (Å²) in [7, 11) is 0. The molecule has 0 aliphatic heterocycles. The van der Waals surface area contributed by atoms with Crippen molar-refractivity contribution in [2.24, 2.45) is 5.73 Å². The van der Waals surface area contributed by atoms with Crippen LogP contribution in [0.1, 0.15) is 12.8 Å². The first kappa shape index (κ1) is 11.1. The van der Waals surface area contributed by atoms with Crippen LogP contribution >= 0.6 is 0 Å². The first-order valence-electron chi connectivity index (χ1n) is 3.87. The molecule has 0 spiro atoms. The fourth-order valence-corrected chi connectivity index (χ4v) is 0.836. The highest BCUT2D eigenvalue weighted by molar-refractivity contribution is 5.74. The first-order chi connectivity index (χ1) is 5.72. The van der Waals surface area contributed by atoms with Crippen molar-refractivity contribution in [3.63, 3.8) is 0 Å². The van der Waals surface area contributed by atoms with E-state index in [-0.39, 0.29) is 0 Å². The molecule has 0 aliphatic rings. The van der Waals surface area contributed by atoms with E-state index in [1.54, 1.807) is 0 Å². The Balaban J connectivity index is 3.69. The predicted molar refractivity (Wildman–Crippen MR) is 46.5 cm³/mol. The fraction of sp³-hybridized carbons (Fsp3) is 0.714. The molecule has 0 rings (SSSR count). The Bertz CT molecular complexity index is 150. The zero-order valence-electron chi connectivity index (χ0n) is 6.92. The second kappa shape index (κ2) is 6.75. The van der Waals surface area contributed by atoms with Crippen LogP contribution in [0, 0.1) is 5.41 Å². The first-order valence-corrected chi connectivity index (χ1v) is 3.87. The Morgan fingerprint density at radius 3 is 2.83 bits per heavy atom. The summed E-state index contributed by atoms with van der Waals surface area (Å²) in [6.45, 7) is 0.789. The Morgan fingerprint density at radius 1 is 1.75 bits per heavy atom. The molecule has 0 unspecified atom stereocenters. The van der Waals surface area contributed by atoms with Crippen LogP contribution in [0.4, 0.5) is 0 Å². The number of rotatable bonds is 7. The molecule has 0 aromatic carbocycles. The lowest BCUT2D eigenvalue weighted by molar-refractivity contribution is -0.139. The van der Waals surface area contributed by atoms with Gasteiger partial charge in [0.15, 0.2) is 0 Å². The van der Waals surface area contributed by atoms with E-state index in [9.17, 15) is 4.79 Å². The lowest BCUT2D eigenvalue weighted by Gasteiger charge is -2.11. The Morgan fingerprint density at radius 2 is 2.42 bits per heavy atom. The maximum Gasteiger partial charge on any atom is 0.320 e. The fourth-order valence-electron chi connectivity index (χ4n) is 0.836. The van der Waals surface area contributed by atoms with E-state index in [1.165, 1.54) is 0 Å². The second-order valence-corrected chi connectivity index (χ2v) is 2.43. The molecule has 0 aromatic rings. The summed E-state index contributed by atoms with van der Waals surface area (Å²) >= 11 is 0. The molecule has 0 radical (unpaired) electrons. The highest BCUT2D eigenvalue weighted by Gasteiger charge is 2.14. The van der Waals surface area contributed by atoms with Crippen molar-refractivity contribution in [3.05, 3.63) is 0 Å². The summed E-state index contributed by atoms with van der Waals surface area (Å²) in [6, 6.07) is -0.574. The summed E-state index contributed by atoms with van der Waals surface area (Å²) in [5, 5.41) is 18.1. The van der Waals surface area contributed by atoms with E-state index in [2.05, 4.69) is 5.32 Å². The molecule has 5 N–H and O–H groups in total. The van der Waals surface area contributed by atoms with Gasteiger partial charge in [0.05, 0.1) is 0 Å². The smallest absolute Gasteiger partial charge is 0.320 e. The minimum Gasteiger partial charge on any atom is -0.480 e. The van der Waals surface area contributed by atoms with Crippen LogP contribution in [-0.2, 0) is 4.79 Å². The highest BCUT2D eigenvalue weighted by atomic mass is 16.4. The Hall–Kier alpha value is -0.940. The number of carboxylic acid groups (broad SMARTS) is 1. The number of nitrogens with two attached hydrogens (primary N) is 1. The summed E-state index contributed by atoms with van der Waals surface area (Å²) < 4.78 is 0. The molecular weight excluding hydrogens is 158 g/mol. The van der Waals surface area contributed by atoms with E-state index in [0.29, 0.717) is 25.9 Å². The Kier molecular flexibility index (Phi) is 6.22. The zero-order chi connectivity index (χ0) is 9.40. The lowest BCUT2D eigenvalue weighted by atomic mass is 10.1. The summed E-state index contributed by atoms with van der Waals surface area (Å²) in [5.74, 6) is -0.884. The van der Waals surface area contributed by atoms with Gasteiger partial charge >= 0.3 is 5.97 Å². The van der Waals surface area contributed by atoms with Gasteiger partial charge in [-0.3, -0.25) is 10.1 Å². The zero-order valence-corrected chi connectivity index (χ0v) is 6.92.